The van der Waals surface area contributed by atoms with Crippen molar-refractivity contribution in [1.82, 2.24) is 5.32 Å². The van der Waals surface area contributed by atoms with Crippen molar-refractivity contribution in [2.45, 2.75) is 32.6 Å². The van der Waals surface area contributed by atoms with Crippen molar-refractivity contribution in [3.63, 3.8) is 0 Å². The second-order valence-corrected chi connectivity index (χ2v) is 5.35. The number of hydrogen-bond donors (Lipinski definition) is 1. The van der Waals surface area contributed by atoms with Crippen LogP contribution in [0.1, 0.15) is 43.0 Å². The summed E-state index contributed by atoms with van der Waals surface area (Å²) in [5, 5.41) is 13.6. The lowest BCUT2D eigenvalue weighted by atomic mass is 10.0. The number of nitrogens with zero attached hydrogens (tertiary/aromatic N) is 1. The molecule has 0 aromatic heterocycles. The van der Waals surface area contributed by atoms with Gasteiger partial charge in [-0.2, -0.15) is 0 Å². The molecule has 0 aliphatic heterocycles. The van der Waals surface area contributed by atoms with Gasteiger partial charge >= 0.3 is 0 Å². The van der Waals surface area contributed by atoms with Crippen molar-refractivity contribution in [2.75, 3.05) is 6.54 Å². The summed E-state index contributed by atoms with van der Waals surface area (Å²) in [6.45, 7) is 2.58. The molecule has 1 aliphatic rings. The summed E-state index contributed by atoms with van der Waals surface area (Å²) in [5.74, 6) is -1.24. The Kier molecular flexibility index (Phi) is 4.01. The Morgan fingerprint density at radius 1 is 1.50 bits per heavy atom. The molecule has 108 valence electrons. The average molecular weight is 280 g/mol. The Balaban J connectivity index is 2.09. The highest BCUT2D eigenvalue weighted by Crippen LogP contribution is 2.48. The van der Waals surface area contributed by atoms with E-state index in [0.29, 0.717) is 6.54 Å². The fourth-order valence-electron chi connectivity index (χ4n) is 2.43. The zero-order chi connectivity index (χ0) is 14.8. The van der Waals surface area contributed by atoms with Gasteiger partial charge in [0.15, 0.2) is 0 Å². The lowest BCUT2D eigenvalue weighted by Gasteiger charge is -2.14. The number of benzene rings is 1. The van der Waals surface area contributed by atoms with E-state index in [1.54, 1.807) is 0 Å². The molecule has 1 aliphatic carbocycles. The third-order valence-corrected chi connectivity index (χ3v) is 3.76. The molecule has 0 saturated heterocycles. The molecular formula is C14H17FN2O3. The monoisotopic (exact) mass is 280 g/mol. The van der Waals surface area contributed by atoms with Crippen molar-refractivity contribution in [1.29, 1.82) is 0 Å². The van der Waals surface area contributed by atoms with Crippen LogP contribution in [0.3, 0.4) is 0 Å². The van der Waals surface area contributed by atoms with Crippen LogP contribution in [0.4, 0.5) is 10.1 Å². The highest BCUT2D eigenvalue weighted by atomic mass is 19.1. The molecule has 0 heterocycles. The van der Waals surface area contributed by atoms with Gasteiger partial charge in [0, 0.05) is 12.6 Å². The fraction of sp³-hybridized carbons (Fsp3) is 0.500. The van der Waals surface area contributed by atoms with Gasteiger partial charge in [0.05, 0.1) is 4.92 Å². The van der Waals surface area contributed by atoms with Crippen LogP contribution in [-0.4, -0.2) is 17.4 Å². The Labute approximate surface area is 116 Å². The summed E-state index contributed by atoms with van der Waals surface area (Å²) in [4.78, 5) is 22.2. The second kappa shape index (κ2) is 5.56. The average Bonchev–Trinajstić information content (AvgIpc) is 3.16. The normalized spacial score (nSPS) is 15.7. The number of nitro benzene ring substituents is 1. The Bertz CT molecular complexity index is 541. The van der Waals surface area contributed by atoms with E-state index >= 15 is 0 Å². The minimum absolute atomic E-state index is 0.145. The SMILES string of the molecule is CCCC1(CNC(=O)c2cc(F)ccc2[N+](=O)[O-])CC1. The smallest absolute Gasteiger partial charge is 0.282 e. The van der Waals surface area contributed by atoms with Crippen LogP contribution in [0.25, 0.3) is 0 Å². The summed E-state index contributed by atoms with van der Waals surface area (Å²) in [5.41, 5.74) is -0.446. The molecule has 0 bridgehead atoms. The van der Waals surface area contributed by atoms with E-state index in [4.69, 9.17) is 0 Å². The molecule has 0 atom stereocenters. The molecule has 2 rings (SSSR count). The Morgan fingerprint density at radius 3 is 2.75 bits per heavy atom. The molecule has 5 nitrogen and oxygen atoms in total. The highest BCUT2D eigenvalue weighted by molar-refractivity contribution is 5.98. The third-order valence-electron chi connectivity index (χ3n) is 3.76. The molecule has 1 saturated carbocycles. The van der Waals surface area contributed by atoms with Gasteiger partial charge in [-0.3, -0.25) is 14.9 Å². The van der Waals surface area contributed by atoms with E-state index in [0.717, 1.165) is 43.9 Å². The van der Waals surface area contributed by atoms with Crippen molar-refractivity contribution >= 4 is 11.6 Å². The van der Waals surface area contributed by atoms with E-state index < -0.39 is 16.6 Å². The van der Waals surface area contributed by atoms with Crippen molar-refractivity contribution in [3.8, 4) is 0 Å². The molecule has 1 aromatic carbocycles. The van der Waals surface area contributed by atoms with Gasteiger partial charge in [-0.15, -0.1) is 0 Å². The molecule has 0 radical (unpaired) electrons. The lowest BCUT2D eigenvalue weighted by molar-refractivity contribution is -0.385. The first-order valence-corrected chi connectivity index (χ1v) is 6.69. The van der Waals surface area contributed by atoms with Crippen LogP contribution in [0.2, 0.25) is 0 Å². The molecule has 1 amide bonds. The Hall–Kier alpha value is -1.98. The van der Waals surface area contributed by atoms with Gasteiger partial charge in [0.2, 0.25) is 0 Å². The van der Waals surface area contributed by atoms with Crippen LogP contribution in [0, 0.1) is 21.3 Å². The van der Waals surface area contributed by atoms with Gasteiger partial charge in [-0.05, 0) is 36.8 Å². The summed E-state index contributed by atoms with van der Waals surface area (Å²) in [6.07, 6.45) is 4.19. The number of nitro groups is 1. The Morgan fingerprint density at radius 2 is 2.20 bits per heavy atom. The molecule has 1 N–H and O–H groups in total. The van der Waals surface area contributed by atoms with Crippen LogP contribution in [0.15, 0.2) is 18.2 Å². The largest absolute Gasteiger partial charge is 0.351 e. The van der Waals surface area contributed by atoms with Crippen LogP contribution in [0.5, 0.6) is 0 Å². The molecule has 0 spiro atoms. The predicted octanol–water partition coefficient (Wildman–Crippen LogP) is 3.04. The predicted molar refractivity (Wildman–Crippen MR) is 72.0 cm³/mol. The molecule has 20 heavy (non-hydrogen) atoms. The van der Waals surface area contributed by atoms with Gasteiger partial charge in [0.25, 0.3) is 11.6 Å². The number of amides is 1. The molecule has 1 aromatic rings. The van der Waals surface area contributed by atoms with Gasteiger partial charge < -0.3 is 5.32 Å². The molecular weight excluding hydrogens is 263 g/mol. The number of carbonyl (C=O) groups excluding carboxylic acids is 1. The minimum atomic E-state index is -0.673. The maximum absolute atomic E-state index is 13.2. The third kappa shape index (κ3) is 3.12. The van der Waals surface area contributed by atoms with Crippen LogP contribution < -0.4 is 5.32 Å². The molecule has 1 fully saturated rings. The van der Waals surface area contributed by atoms with Gasteiger partial charge in [-0.25, -0.2) is 4.39 Å². The zero-order valence-corrected chi connectivity index (χ0v) is 11.3. The van der Waals surface area contributed by atoms with E-state index in [1.165, 1.54) is 0 Å². The van der Waals surface area contributed by atoms with Crippen molar-refractivity contribution in [3.05, 3.63) is 39.7 Å². The number of nitrogens with one attached hydrogen (secondary N) is 1. The topological polar surface area (TPSA) is 72.2 Å². The number of rotatable bonds is 6. The lowest BCUT2D eigenvalue weighted by Crippen LogP contribution is -2.30. The van der Waals surface area contributed by atoms with E-state index in [-0.39, 0.29) is 16.7 Å². The number of halogens is 1. The minimum Gasteiger partial charge on any atom is -0.351 e. The number of carbonyl (C=O) groups is 1. The maximum Gasteiger partial charge on any atom is 0.282 e. The van der Waals surface area contributed by atoms with Crippen molar-refractivity contribution < 1.29 is 14.1 Å². The first kappa shape index (κ1) is 14.4. The summed E-state index contributed by atoms with van der Waals surface area (Å²) >= 11 is 0. The zero-order valence-electron chi connectivity index (χ0n) is 11.3. The molecule has 6 heteroatoms. The quantitative estimate of drug-likeness (QED) is 0.643. The number of hydrogen-bond acceptors (Lipinski definition) is 3. The van der Waals surface area contributed by atoms with Gasteiger partial charge in [-0.1, -0.05) is 13.3 Å². The maximum atomic E-state index is 13.2. The summed E-state index contributed by atoms with van der Waals surface area (Å²) in [7, 11) is 0. The van der Waals surface area contributed by atoms with Gasteiger partial charge in [0.1, 0.15) is 11.4 Å². The highest BCUT2D eigenvalue weighted by Gasteiger charge is 2.41. The van der Waals surface area contributed by atoms with Crippen molar-refractivity contribution in [2.24, 2.45) is 5.41 Å². The second-order valence-electron chi connectivity index (χ2n) is 5.35. The van der Waals surface area contributed by atoms with Crippen LogP contribution in [-0.2, 0) is 0 Å². The van der Waals surface area contributed by atoms with Crippen LogP contribution >= 0.6 is 0 Å². The molecule has 0 unspecified atom stereocenters. The van der Waals surface area contributed by atoms with E-state index in [2.05, 4.69) is 12.2 Å². The first-order chi connectivity index (χ1) is 9.47. The van der Waals surface area contributed by atoms with E-state index in [1.807, 2.05) is 0 Å². The summed E-state index contributed by atoms with van der Waals surface area (Å²) < 4.78 is 13.2. The standard InChI is InChI=1S/C14H17FN2O3/c1-2-5-14(6-7-14)9-16-13(18)11-8-10(15)3-4-12(11)17(19)20/h3-4,8H,2,5-7,9H2,1H3,(H,16,18). The summed E-state index contributed by atoms with van der Waals surface area (Å²) in [6, 6.07) is 2.91. The fourth-order valence-corrected chi connectivity index (χ4v) is 2.43. The first-order valence-electron chi connectivity index (χ1n) is 6.69. The van der Waals surface area contributed by atoms with E-state index in [9.17, 15) is 19.3 Å².